The summed E-state index contributed by atoms with van der Waals surface area (Å²) in [5.74, 6) is -0.246. The Hall–Kier alpha value is -0.730. The van der Waals surface area contributed by atoms with Crippen LogP contribution in [0.25, 0.3) is 0 Å². The van der Waals surface area contributed by atoms with E-state index >= 15 is 0 Å². The lowest BCUT2D eigenvalue weighted by molar-refractivity contribution is -0.311. The van der Waals surface area contributed by atoms with Gasteiger partial charge < -0.3 is 29.9 Å². The highest BCUT2D eigenvalue weighted by atomic mass is 16.7. The molecule has 7 heteroatoms. The number of hydrogen-bond donors (Lipinski definition) is 4. The molecule has 1 aliphatic carbocycles. The van der Waals surface area contributed by atoms with Gasteiger partial charge in [0.2, 0.25) is 0 Å². The lowest BCUT2D eigenvalue weighted by atomic mass is 9.75. The molecular formula is C16H28O7. The van der Waals surface area contributed by atoms with Crippen LogP contribution in [0.4, 0.5) is 0 Å². The van der Waals surface area contributed by atoms with Gasteiger partial charge >= 0.3 is 5.97 Å². The van der Waals surface area contributed by atoms with Crippen LogP contribution in [0.15, 0.2) is 0 Å². The van der Waals surface area contributed by atoms with Gasteiger partial charge in [0.15, 0.2) is 12.4 Å². The van der Waals surface area contributed by atoms with E-state index in [2.05, 4.69) is 20.8 Å². The first-order chi connectivity index (χ1) is 10.7. The van der Waals surface area contributed by atoms with Crippen molar-refractivity contribution in [1.82, 2.24) is 0 Å². The Morgan fingerprint density at radius 1 is 1.13 bits per heavy atom. The zero-order chi connectivity index (χ0) is 17.3. The maximum Gasteiger partial charge on any atom is 0.335 e. The van der Waals surface area contributed by atoms with E-state index in [1.54, 1.807) is 0 Å². The summed E-state index contributed by atoms with van der Waals surface area (Å²) in [6.45, 7) is 6.34. The van der Waals surface area contributed by atoms with E-state index < -0.39 is 36.7 Å². The SMILES string of the molecule is CC(C)[C@H]1CC[C@@H](C)C[C@H]1O[C@@H]1O[C@H](C(=O)O)[C@@H](O)[C@H](O)[C@H]1O. The predicted molar refractivity (Wildman–Crippen MR) is 80.5 cm³/mol. The van der Waals surface area contributed by atoms with Gasteiger partial charge in [-0.05, 0) is 30.6 Å². The Kier molecular flexibility index (Phi) is 6.02. The predicted octanol–water partition coefficient (Wildman–Crippen LogP) is 0.356. The topological polar surface area (TPSA) is 116 Å². The molecule has 1 heterocycles. The minimum Gasteiger partial charge on any atom is -0.479 e. The van der Waals surface area contributed by atoms with Crippen LogP contribution in [-0.4, -0.2) is 63.2 Å². The van der Waals surface area contributed by atoms with Crippen molar-refractivity contribution in [1.29, 1.82) is 0 Å². The van der Waals surface area contributed by atoms with E-state index in [-0.39, 0.29) is 12.0 Å². The number of carboxylic acids is 1. The van der Waals surface area contributed by atoms with Gasteiger partial charge in [-0.1, -0.05) is 27.2 Å². The number of ether oxygens (including phenoxy) is 2. The molecule has 0 aromatic rings. The molecule has 2 fully saturated rings. The van der Waals surface area contributed by atoms with Crippen molar-refractivity contribution in [2.45, 2.75) is 76.8 Å². The summed E-state index contributed by atoms with van der Waals surface area (Å²) in [7, 11) is 0. The second kappa shape index (κ2) is 7.44. The summed E-state index contributed by atoms with van der Waals surface area (Å²) in [5, 5.41) is 38.7. The highest BCUT2D eigenvalue weighted by Gasteiger charge is 2.48. The summed E-state index contributed by atoms with van der Waals surface area (Å²) in [4.78, 5) is 11.1. The third-order valence-electron chi connectivity index (χ3n) is 5.08. The van der Waals surface area contributed by atoms with E-state index in [0.29, 0.717) is 11.8 Å². The molecule has 23 heavy (non-hydrogen) atoms. The maximum atomic E-state index is 11.1. The summed E-state index contributed by atoms with van der Waals surface area (Å²) in [6.07, 6.45) is -4.92. The molecule has 0 unspecified atom stereocenters. The average molecular weight is 332 g/mol. The molecule has 8 atom stereocenters. The molecule has 0 spiro atoms. The second-order valence-electron chi connectivity index (χ2n) is 7.24. The minimum absolute atomic E-state index is 0.171. The molecule has 2 rings (SSSR count). The van der Waals surface area contributed by atoms with Crippen molar-refractivity contribution >= 4 is 5.97 Å². The molecule has 2 aliphatic rings. The Bertz CT molecular complexity index is 413. The average Bonchev–Trinajstić information content (AvgIpc) is 2.47. The number of carboxylic acid groups (broad SMARTS) is 1. The highest BCUT2D eigenvalue weighted by Crippen LogP contribution is 2.37. The van der Waals surface area contributed by atoms with Gasteiger partial charge in [-0.3, -0.25) is 0 Å². The number of carbonyl (C=O) groups is 1. The first kappa shape index (κ1) is 18.6. The Morgan fingerprint density at radius 3 is 2.35 bits per heavy atom. The van der Waals surface area contributed by atoms with Crippen molar-refractivity contribution < 1.29 is 34.7 Å². The number of aliphatic hydroxyl groups is 3. The van der Waals surface area contributed by atoms with Crippen molar-refractivity contribution in [3.05, 3.63) is 0 Å². The lowest BCUT2D eigenvalue weighted by Crippen LogP contribution is -2.61. The van der Waals surface area contributed by atoms with Gasteiger partial charge in [-0.25, -0.2) is 4.79 Å². The standard InChI is InChI=1S/C16H28O7/c1-7(2)9-5-4-8(3)6-10(9)22-16-13(19)11(17)12(18)14(23-16)15(20)21/h7-14,16-19H,4-6H2,1-3H3,(H,20,21)/t8-,9-,10-,11+,12+,13-,14+,16-/m1/s1. The first-order valence-corrected chi connectivity index (χ1v) is 8.30. The Labute approximate surface area is 136 Å². The third kappa shape index (κ3) is 4.03. The van der Waals surface area contributed by atoms with Gasteiger partial charge in [0.25, 0.3) is 0 Å². The van der Waals surface area contributed by atoms with E-state index in [1.807, 2.05) is 0 Å². The van der Waals surface area contributed by atoms with Crippen LogP contribution in [0.3, 0.4) is 0 Å². The smallest absolute Gasteiger partial charge is 0.335 e. The zero-order valence-corrected chi connectivity index (χ0v) is 13.8. The number of hydrogen-bond acceptors (Lipinski definition) is 6. The molecule has 7 nitrogen and oxygen atoms in total. The fraction of sp³-hybridized carbons (Fsp3) is 0.938. The second-order valence-corrected chi connectivity index (χ2v) is 7.24. The van der Waals surface area contributed by atoms with Crippen molar-refractivity contribution in [3.63, 3.8) is 0 Å². The summed E-state index contributed by atoms with van der Waals surface area (Å²) in [5.41, 5.74) is 0. The molecule has 134 valence electrons. The van der Waals surface area contributed by atoms with Crippen molar-refractivity contribution in [2.24, 2.45) is 17.8 Å². The van der Waals surface area contributed by atoms with E-state index in [0.717, 1.165) is 19.3 Å². The lowest BCUT2D eigenvalue weighted by Gasteiger charge is -2.43. The molecule has 4 N–H and O–H groups in total. The largest absolute Gasteiger partial charge is 0.479 e. The van der Waals surface area contributed by atoms with Crippen LogP contribution < -0.4 is 0 Å². The van der Waals surface area contributed by atoms with E-state index in [9.17, 15) is 20.1 Å². The summed E-state index contributed by atoms with van der Waals surface area (Å²) >= 11 is 0. The summed E-state index contributed by atoms with van der Waals surface area (Å²) < 4.78 is 11.1. The van der Waals surface area contributed by atoms with Gasteiger partial charge in [0.1, 0.15) is 18.3 Å². The molecule has 1 aliphatic heterocycles. The van der Waals surface area contributed by atoms with Crippen LogP contribution >= 0.6 is 0 Å². The maximum absolute atomic E-state index is 11.1. The van der Waals surface area contributed by atoms with E-state index in [4.69, 9.17) is 14.6 Å². The molecule has 1 saturated heterocycles. The van der Waals surface area contributed by atoms with Crippen LogP contribution in [0.1, 0.15) is 40.0 Å². The van der Waals surface area contributed by atoms with Gasteiger partial charge in [0, 0.05) is 0 Å². The number of rotatable bonds is 4. The Morgan fingerprint density at radius 2 is 1.78 bits per heavy atom. The first-order valence-electron chi connectivity index (χ1n) is 8.30. The molecular weight excluding hydrogens is 304 g/mol. The van der Waals surface area contributed by atoms with Crippen LogP contribution in [0, 0.1) is 17.8 Å². The van der Waals surface area contributed by atoms with Gasteiger partial charge in [0.05, 0.1) is 6.10 Å². The monoisotopic (exact) mass is 332 g/mol. The molecule has 0 radical (unpaired) electrons. The van der Waals surface area contributed by atoms with Crippen LogP contribution in [-0.2, 0) is 14.3 Å². The quantitative estimate of drug-likeness (QED) is 0.587. The fourth-order valence-corrected chi connectivity index (χ4v) is 3.61. The molecule has 0 aromatic carbocycles. The summed E-state index contributed by atoms with van der Waals surface area (Å²) in [6, 6.07) is 0. The molecule has 0 amide bonds. The minimum atomic E-state index is -1.69. The van der Waals surface area contributed by atoms with Crippen LogP contribution in [0.2, 0.25) is 0 Å². The molecule has 0 bridgehead atoms. The third-order valence-corrected chi connectivity index (χ3v) is 5.08. The molecule has 1 saturated carbocycles. The van der Waals surface area contributed by atoms with E-state index in [1.165, 1.54) is 0 Å². The van der Waals surface area contributed by atoms with Crippen molar-refractivity contribution in [2.75, 3.05) is 0 Å². The zero-order valence-electron chi connectivity index (χ0n) is 13.8. The fourth-order valence-electron chi connectivity index (χ4n) is 3.61. The van der Waals surface area contributed by atoms with Crippen LogP contribution in [0.5, 0.6) is 0 Å². The Balaban J connectivity index is 2.11. The molecule has 0 aromatic heterocycles. The number of aliphatic carboxylic acids is 1. The van der Waals surface area contributed by atoms with Gasteiger partial charge in [-0.2, -0.15) is 0 Å². The van der Waals surface area contributed by atoms with Crippen molar-refractivity contribution in [3.8, 4) is 0 Å². The highest BCUT2D eigenvalue weighted by molar-refractivity contribution is 5.73. The normalized spacial score (nSPS) is 45.2. The number of aliphatic hydroxyl groups excluding tert-OH is 3. The van der Waals surface area contributed by atoms with Gasteiger partial charge in [-0.15, -0.1) is 0 Å².